The average molecular weight is 446 g/mol. The molecular weight excluding hydrogens is 418 g/mol. The molecule has 0 amide bonds. The van der Waals surface area contributed by atoms with Crippen LogP contribution in [-0.4, -0.2) is 36.3 Å². The highest BCUT2D eigenvalue weighted by Gasteiger charge is 2.13. The van der Waals surface area contributed by atoms with Crippen molar-refractivity contribution < 1.29 is 4.74 Å². The monoisotopic (exact) mass is 445 g/mol. The maximum absolute atomic E-state index is 5.44. The van der Waals surface area contributed by atoms with Gasteiger partial charge in [0.15, 0.2) is 0 Å². The van der Waals surface area contributed by atoms with E-state index in [4.69, 9.17) is 9.72 Å². The van der Waals surface area contributed by atoms with Crippen LogP contribution in [0.25, 0.3) is 10.2 Å². The van der Waals surface area contributed by atoms with Crippen molar-refractivity contribution in [1.29, 1.82) is 0 Å². The zero-order valence-corrected chi connectivity index (χ0v) is 19.2. The summed E-state index contributed by atoms with van der Waals surface area (Å²) in [7, 11) is 0. The summed E-state index contributed by atoms with van der Waals surface area (Å²) in [6.07, 6.45) is 1.89. The van der Waals surface area contributed by atoms with Crippen LogP contribution in [0.5, 0.6) is 0 Å². The molecule has 1 saturated heterocycles. The first-order valence-electron chi connectivity index (χ1n) is 11.0. The summed E-state index contributed by atoms with van der Waals surface area (Å²) in [6.45, 7) is 7.85. The van der Waals surface area contributed by atoms with E-state index in [-0.39, 0.29) is 0 Å². The first-order chi connectivity index (χ1) is 15.7. The topological polar surface area (TPSA) is 62.3 Å². The first kappa shape index (κ1) is 20.7. The Morgan fingerprint density at radius 3 is 2.53 bits per heavy atom. The van der Waals surface area contributed by atoms with Crippen LogP contribution in [0.3, 0.4) is 0 Å². The summed E-state index contributed by atoms with van der Waals surface area (Å²) in [5.74, 6) is 1.03. The molecule has 164 valence electrons. The van der Waals surface area contributed by atoms with Gasteiger partial charge in [0.2, 0.25) is 5.95 Å². The third-order valence-corrected chi connectivity index (χ3v) is 6.57. The van der Waals surface area contributed by atoms with Crippen LogP contribution in [0, 0.1) is 0 Å². The Morgan fingerprint density at radius 1 is 0.969 bits per heavy atom. The number of fused-ring (bicyclic) bond motifs is 1. The van der Waals surface area contributed by atoms with Crippen molar-refractivity contribution in [3.8, 4) is 0 Å². The second-order valence-corrected chi connectivity index (χ2v) is 9.11. The number of nitrogens with zero attached hydrogens (tertiary/aromatic N) is 3. The van der Waals surface area contributed by atoms with E-state index in [0.717, 1.165) is 53.6 Å². The minimum Gasteiger partial charge on any atom is -0.378 e. The number of morpholine rings is 1. The van der Waals surface area contributed by atoms with Gasteiger partial charge in [0.25, 0.3) is 0 Å². The lowest BCUT2D eigenvalue weighted by Crippen LogP contribution is -2.36. The quantitative estimate of drug-likeness (QED) is 0.372. The van der Waals surface area contributed by atoms with E-state index >= 15 is 0 Å². The Labute approximate surface area is 192 Å². The lowest BCUT2D eigenvalue weighted by molar-refractivity contribution is 0.122. The molecule has 2 N–H and O–H groups in total. The van der Waals surface area contributed by atoms with Crippen LogP contribution in [0.1, 0.15) is 25.3 Å². The van der Waals surface area contributed by atoms with E-state index in [1.165, 1.54) is 11.3 Å². The van der Waals surface area contributed by atoms with Crippen molar-refractivity contribution >= 4 is 50.3 Å². The number of nitrogens with one attached hydrogen (secondary N) is 2. The molecule has 0 saturated carbocycles. The summed E-state index contributed by atoms with van der Waals surface area (Å²) in [5.41, 5.74) is 6.52. The molecule has 0 bridgehead atoms. The number of anilines is 5. The summed E-state index contributed by atoms with van der Waals surface area (Å²) in [6, 6.07) is 16.8. The van der Waals surface area contributed by atoms with Crippen molar-refractivity contribution in [2.45, 2.75) is 19.8 Å². The second kappa shape index (κ2) is 9.14. The van der Waals surface area contributed by atoms with Crippen LogP contribution in [0.4, 0.5) is 28.7 Å². The van der Waals surface area contributed by atoms with Gasteiger partial charge in [-0.05, 0) is 41.8 Å². The molecule has 3 heterocycles. The van der Waals surface area contributed by atoms with E-state index in [1.54, 1.807) is 11.3 Å². The Hall–Kier alpha value is -3.16. The lowest BCUT2D eigenvalue weighted by atomic mass is 10.0. The Morgan fingerprint density at radius 2 is 1.75 bits per heavy atom. The maximum atomic E-state index is 5.44. The van der Waals surface area contributed by atoms with Crippen LogP contribution in [0.15, 0.2) is 60.1 Å². The Kier molecular flexibility index (Phi) is 5.92. The van der Waals surface area contributed by atoms with Crippen molar-refractivity contribution in [3.05, 3.63) is 65.7 Å². The molecule has 2 aromatic carbocycles. The van der Waals surface area contributed by atoms with Crippen molar-refractivity contribution in [3.63, 3.8) is 0 Å². The van der Waals surface area contributed by atoms with Gasteiger partial charge in [0.1, 0.15) is 5.52 Å². The number of para-hydroxylation sites is 1. The predicted octanol–water partition coefficient (Wildman–Crippen LogP) is 6.14. The van der Waals surface area contributed by atoms with Crippen molar-refractivity contribution in [2.75, 3.05) is 41.8 Å². The number of aromatic nitrogens is 2. The fourth-order valence-electron chi connectivity index (χ4n) is 3.94. The first-order valence-corrected chi connectivity index (χ1v) is 11.9. The van der Waals surface area contributed by atoms with E-state index < -0.39 is 0 Å². The molecule has 7 heteroatoms. The molecule has 4 aromatic rings. The van der Waals surface area contributed by atoms with E-state index in [2.05, 4.69) is 88.3 Å². The number of benzene rings is 2. The van der Waals surface area contributed by atoms with E-state index in [0.29, 0.717) is 11.9 Å². The van der Waals surface area contributed by atoms with Crippen molar-refractivity contribution in [2.24, 2.45) is 0 Å². The smallest absolute Gasteiger partial charge is 0.227 e. The molecule has 0 aliphatic carbocycles. The summed E-state index contributed by atoms with van der Waals surface area (Å²) in [5, 5.41) is 9.04. The van der Waals surface area contributed by atoms with Gasteiger partial charge in [0, 0.05) is 35.5 Å². The zero-order chi connectivity index (χ0) is 21.9. The van der Waals surface area contributed by atoms with E-state index in [1.807, 2.05) is 6.20 Å². The third kappa shape index (κ3) is 4.40. The van der Waals surface area contributed by atoms with Crippen LogP contribution >= 0.6 is 11.3 Å². The zero-order valence-electron chi connectivity index (χ0n) is 18.3. The SMILES string of the molecule is CC(C)c1ccccc1Nc1csc2cnc(Nc3ccc(N4CCOCC4)cc3)nc12. The molecule has 1 aliphatic heterocycles. The minimum absolute atomic E-state index is 0.441. The van der Waals surface area contributed by atoms with Gasteiger partial charge >= 0.3 is 0 Å². The molecule has 0 unspecified atom stereocenters. The average Bonchev–Trinajstić information content (AvgIpc) is 3.22. The highest BCUT2D eigenvalue weighted by atomic mass is 32.1. The van der Waals surface area contributed by atoms with Gasteiger partial charge in [-0.3, -0.25) is 0 Å². The fraction of sp³-hybridized carbons (Fsp3) is 0.280. The normalized spacial score (nSPS) is 14.2. The van der Waals surface area contributed by atoms with Gasteiger partial charge in [-0.25, -0.2) is 9.97 Å². The molecule has 6 nitrogen and oxygen atoms in total. The summed E-state index contributed by atoms with van der Waals surface area (Å²) in [4.78, 5) is 11.7. The fourth-order valence-corrected chi connectivity index (χ4v) is 4.74. The van der Waals surface area contributed by atoms with Gasteiger partial charge in [-0.2, -0.15) is 0 Å². The highest BCUT2D eigenvalue weighted by Crippen LogP contribution is 2.34. The second-order valence-electron chi connectivity index (χ2n) is 8.19. The molecule has 2 aromatic heterocycles. The number of ether oxygens (including phenoxy) is 1. The number of hydrogen-bond acceptors (Lipinski definition) is 7. The summed E-state index contributed by atoms with van der Waals surface area (Å²) < 4.78 is 6.50. The van der Waals surface area contributed by atoms with Gasteiger partial charge < -0.3 is 20.3 Å². The summed E-state index contributed by atoms with van der Waals surface area (Å²) >= 11 is 1.65. The molecule has 0 radical (unpaired) electrons. The predicted molar refractivity (Wildman–Crippen MR) is 134 cm³/mol. The molecule has 1 aliphatic rings. The molecular formula is C25H27N5OS. The maximum Gasteiger partial charge on any atom is 0.227 e. The third-order valence-electron chi connectivity index (χ3n) is 5.67. The van der Waals surface area contributed by atoms with Gasteiger partial charge in [-0.1, -0.05) is 32.0 Å². The molecule has 0 spiro atoms. The highest BCUT2D eigenvalue weighted by molar-refractivity contribution is 7.17. The minimum atomic E-state index is 0.441. The lowest BCUT2D eigenvalue weighted by Gasteiger charge is -2.28. The molecule has 1 fully saturated rings. The molecule has 32 heavy (non-hydrogen) atoms. The largest absolute Gasteiger partial charge is 0.378 e. The van der Waals surface area contributed by atoms with Gasteiger partial charge in [0.05, 0.1) is 29.8 Å². The van der Waals surface area contributed by atoms with Crippen LogP contribution in [0.2, 0.25) is 0 Å². The number of hydrogen-bond donors (Lipinski definition) is 2. The standard InChI is InChI=1S/C25H27N5OS/c1-17(2)20-5-3-4-6-21(20)28-22-16-32-23-15-26-25(29-24(22)23)27-18-7-9-19(10-8-18)30-11-13-31-14-12-30/h3-10,15-17,28H,11-14H2,1-2H3,(H,26,27,29). The van der Waals surface area contributed by atoms with Crippen molar-refractivity contribution in [1.82, 2.24) is 9.97 Å². The molecule has 5 rings (SSSR count). The Bertz CT molecular complexity index is 1200. The Balaban J connectivity index is 1.36. The number of thiophene rings is 1. The molecule has 0 atom stereocenters. The number of rotatable bonds is 6. The van der Waals surface area contributed by atoms with Gasteiger partial charge in [-0.15, -0.1) is 11.3 Å². The van der Waals surface area contributed by atoms with E-state index in [9.17, 15) is 0 Å². The van der Waals surface area contributed by atoms with Crippen LogP contribution < -0.4 is 15.5 Å². The van der Waals surface area contributed by atoms with Crippen LogP contribution in [-0.2, 0) is 4.74 Å².